The predicted molar refractivity (Wildman–Crippen MR) is 157 cm³/mol. The Hall–Kier alpha value is -3.48. The summed E-state index contributed by atoms with van der Waals surface area (Å²) in [6, 6.07) is 23.0. The molecule has 0 radical (unpaired) electrons. The zero-order chi connectivity index (χ0) is 26.9. The van der Waals surface area contributed by atoms with Gasteiger partial charge in [-0.25, -0.2) is 9.97 Å². The molecule has 3 aromatic carbocycles. The number of hydrogen-bond acceptors (Lipinski definition) is 4. The minimum Gasteiger partial charge on any atom is -0.374 e. The molecule has 0 fully saturated rings. The number of aromatic nitrogens is 3. The van der Waals surface area contributed by atoms with Gasteiger partial charge in [-0.15, -0.1) is 0 Å². The number of halogens is 2. The minimum atomic E-state index is -1.47. The number of benzene rings is 3. The van der Waals surface area contributed by atoms with Gasteiger partial charge in [0.25, 0.3) is 0 Å². The number of hydrogen-bond donors (Lipinski definition) is 1. The quantitative estimate of drug-likeness (QED) is 0.245. The van der Waals surface area contributed by atoms with Crippen molar-refractivity contribution >= 4 is 40.2 Å². The third-order valence-electron chi connectivity index (χ3n) is 6.59. The lowest BCUT2D eigenvalue weighted by Crippen LogP contribution is -2.31. The zero-order valence-electron chi connectivity index (χ0n) is 21.4. The normalized spacial score (nSPS) is 13.4. The maximum Gasteiger partial charge on any atom is 0.156 e. The van der Waals surface area contributed by atoms with Crippen LogP contribution in [0.4, 0.5) is 0 Å². The van der Waals surface area contributed by atoms with E-state index < -0.39 is 5.60 Å². The highest BCUT2D eigenvalue weighted by atomic mass is 35.5. The fourth-order valence-corrected chi connectivity index (χ4v) is 5.01. The van der Waals surface area contributed by atoms with Crippen LogP contribution in [0.25, 0.3) is 28.1 Å². The Labute approximate surface area is 232 Å². The van der Waals surface area contributed by atoms with Gasteiger partial charge in [-0.1, -0.05) is 59.6 Å². The van der Waals surface area contributed by atoms with Crippen LogP contribution < -0.4 is 0 Å². The van der Waals surface area contributed by atoms with Gasteiger partial charge in [0.05, 0.1) is 29.4 Å². The molecule has 0 spiro atoms. The van der Waals surface area contributed by atoms with E-state index in [1.54, 1.807) is 24.7 Å². The lowest BCUT2D eigenvalue weighted by Gasteiger charge is -2.30. The first-order valence-corrected chi connectivity index (χ1v) is 13.0. The van der Waals surface area contributed by atoms with Gasteiger partial charge in [0, 0.05) is 29.0 Å². The molecule has 7 heteroatoms. The molecule has 5 nitrogen and oxygen atoms in total. The Bertz CT molecular complexity index is 1630. The number of rotatable bonds is 7. The van der Waals surface area contributed by atoms with Crippen molar-refractivity contribution in [3.63, 3.8) is 0 Å². The standard InChI is InChI=1S/C31H28Cl2N4O/c1-36(2)15-5-8-26-18-27(21-6-4-7-25(33)16-21)28-17-23(11-14-29(28)35-26)31(38,30-19-34-20-37(30)3)22-9-12-24(32)13-10-22/h4-14,16-20,38H,15H2,1-3H3/b8-5-. The SMILES string of the molecule is CN(C)C/C=C\c1cc(-c2cccc(Cl)c2)c2cc(C(O)(c3ccc(Cl)cc3)c3cncn3C)ccc2n1. The summed E-state index contributed by atoms with van der Waals surface area (Å²) < 4.78 is 1.83. The van der Waals surface area contributed by atoms with E-state index in [0.717, 1.165) is 34.3 Å². The van der Waals surface area contributed by atoms with Crippen molar-refractivity contribution in [2.24, 2.45) is 7.05 Å². The third kappa shape index (κ3) is 5.11. The third-order valence-corrected chi connectivity index (χ3v) is 7.08. The van der Waals surface area contributed by atoms with Gasteiger partial charge >= 0.3 is 0 Å². The molecule has 0 aliphatic heterocycles. The Balaban J connectivity index is 1.75. The summed E-state index contributed by atoms with van der Waals surface area (Å²) in [7, 11) is 5.93. The average Bonchev–Trinajstić information content (AvgIpc) is 3.34. The van der Waals surface area contributed by atoms with Gasteiger partial charge in [0.2, 0.25) is 0 Å². The van der Waals surface area contributed by atoms with Crippen LogP contribution in [0.5, 0.6) is 0 Å². The van der Waals surface area contributed by atoms with Gasteiger partial charge in [-0.05, 0) is 84.9 Å². The molecule has 2 heterocycles. The fourth-order valence-electron chi connectivity index (χ4n) is 4.70. The average molecular weight is 543 g/mol. The number of pyridine rings is 1. The summed E-state index contributed by atoms with van der Waals surface area (Å²) in [6.45, 7) is 0.810. The molecule has 2 aromatic heterocycles. The van der Waals surface area contributed by atoms with E-state index in [9.17, 15) is 5.11 Å². The molecule has 0 bridgehead atoms. The van der Waals surface area contributed by atoms with Crippen LogP contribution in [0, 0.1) is 0 Å². The molecule has 1 N–H and O–H groups in total. The molecule has 38 heavy (non-hydrogen) atoms. The van der Waals surface area contributed by atoms with Crippen LogP contribution in [-0.2, 0) is 12.6 Å². The van der Waals surface area contributed by atoms with Crippen LogP contribution in [0.3, 0.4) is 0 Å². The molecule has 5 aromatic rings. The van der Waals surface area contributed by atoms with Crippen LogP contribution in [-0.4, -0.2) is 45.2 Å². The Morgan fingerprint density at radius 1 is 0.947 bits per heavy atom. The van der Waals surface area contributed by atoms with Gasteiger partial charge in [-0.2, -0.15) is 0 Å². The molecule has 192 valence electrons. The maximum atomic E-state index is 12.4. The lowest BCUT2D eigenvalue weighted by molar-refractivity contribution is 0.117. The highest BCUT2D eigenvalue weighted by molar-refractivity contribution is 6.31. The van der Waals surface area contributed by atoms with Crippen molar-refractivity contribution in [3.8, 4) is 11.1 Å². The molecule has 0 amide bonds. The number of aliphatic hydroxyl groups is 1. The van der Waals surface area contributed by atoms with E-state index in [1.165, 1.54) is 0 Å². The number of likely N-dealkylation sites (N-methyl/N-ethyl adjacent to an activating group) is 1. The molecule has 0 saturated heterocycles. The molecule has 0 aliphatic rings. The molecular weight excluding hydrogens is 515 g/mol. The summed E-state index contributed by atoms with van der Waals surface area (Å²) in [4.78, 5) is 11.3. The van der Waals surface area contributed by atoms with Gasteiger partial charge in [0.15, 0.2) is 5.60 Å². The molecule has 1 unspecified atom stereocenters. The van der Waals surface area contributed by atoms with E-state index in [-0.39, 0.29) is 0 Å². The number of imidazole rings is 1. The summed E-state index contributed by atoms with van der Waals surface area (Å²) in [5.41, 5.74) is 4.16. The second-order valence-corrected chi connectivity index (χ2v) is 10.5. The summed E-state index contributed by atoms with van der Waals surface area (Å²) in [6.07, 6.45) is 7.49. The van der Waals surface area contributed by atoms with Crippen molar-refractivity contribution < 1.29 is 5.11 Å². The Morgan fingerprint density at radius 2 is 1.71 bits per heavy atom. The molecule has 0 saturated carbocycles. The van der Waals surface area contributed by atoms with Crippen LogP contribution in [0.15, 0.2) is 91.4 Å². The van der Waals surface area contributed by atoms with E-state index in [2.05, 4.69) is 22.0 Å². The van der Waals surface area contributed by atoms with Crippen LogP contribution in [0.1, 0.15) is 22.5 Å². The largest absolute Gasteiger partial charge is 0.374 e. The van der Waals surface area contributed by atoms with E-state index in [1.807, 2.05) is 86.4 Å². The first-order valence-electron chi connectivity index (χ1n) is 12.2. The van der Waals surface area contributed by atoms with E-state index in [0.29, 0.717) is 26.9 Å². The molecule has 1 atom stereocenters. The zero-order valence-corrected chi connectivity index (χ0v) is 22.9. The van der Waals surface area contributed by atoms with Crippen molar-refractivity contribution in [2.45, 2.75) is 5.60 Å². The Morgan fingerprint density at radius 3 is 2.39 bits per heavy atom. The second-order valence-electron chi connectivity index (χ2n) is 9.61. The number of nitrogens with zero attached hydrogens (tertiary/aromatic N) is 4. The molecular formula is C31H28Cl2N4O. The van der Waals surface area contributed by atoms with Crippen molar-refractivity contribution in [1.82, 2.24) is 19.4 Å². The summed E-state index contributed by atoms with van der Waals surface area (Å²) in [5.74, 6) is 0. The molecule has 5 rings (SSSR count). The topological polar surface area (TPSA) is 54.2 Å². The van der Waals surface area contributed by atoms with Crippen LogP contribution >= 0.6 is 23.2 Å². The number of aryl methyl sites for hydroxylation is 1. The highest BCUT2D eigenvalue weighted by Gasteiger charge is 2.37. The molecule has 0 aliphatic carbocycles. The van der Waals surface area contributed by atoms with Crippen molar-refractivity contribution in [3.05, 3.63) is 124 Å². The van der Waals surface area contributed by atoms with Crippen LogP contribution in [0.2, 0.25) is 10.0 Å². The smallest absolute Gasteiger partial charge is 0.156 e. The monoisotopic (exact) mass is 542 g/mol. The van der Waals surface area contributed by atoms with Crippen molar-refractivity contribution in [2.75, 3.05) is 20.6 Å². The minimum absolute atomic E-state index is 0.599. The highest BCUT2D eigenvalue weighted by Crippen LogP contribution is 2.40. The number of fused-ring (bicyclic) bond motifs is 1. The first kappa shape index (κ1) is 26.1. The first-order chi connectivity index (χ1) is 18.3. The maximum absolute atomic E-state index is 12.4. The Kier molecular flexibility index (Phi) is 7.37. The van der Waals surface area contributed by atoms with E-state index >= 15 is 0 Å². The summed E-state index contributed by atoms with van der Waals surface area (Å²) >= 11 is 12.6. The predicted octanol–water partition coefficient (Wildman–Crippen LogP) is 6.80. The van der Waals surface area contributed by atoms with Crippen molar-refractivity contribution in [1.29, 1.82) is 0 Å². The van der Waals surface area contributed by atoms with Gasteiger partial charge in [-0.3, -0.25) is 0 Å². The van der Waals surface area contributed by atoms with E-state index in [4.69, 9.17) is 28.2 Å². The van der Waals surface area contributed by atoms with Gasteiger partial charge < -0.3 is 14.6 Å². The lowest BCUT2D eigenvalue weighted by atomic mass is 9.82. The van der Waals surface area contributed by atoms with Gasteiger partial charge in [0.1, 0.15) is 0 Å². The summed E-state index contributed by atoms with van der Waals surface area (Å²) in [5, 5.41) is 14.6. The fraction of sp³-hybridized carbons (Fsp3) is 0.161. The second kappa shape index (κ2) is 10.7.